The van der Waals surface area contributed by atoms with E-state index in [9.17, 15) is 0 Å². The highest BCUT2D eigenvalue weighted by atomic mass is 35.5. The van der Waals surface area contributed by atoms with Gasteiger partial charge in [0.15, 0.2) is 0 Å². The summed E-state index contributed by atoms with van der Waals surface area (Å²) in [5, 5.41) is 3.92. The van der Waals surface area contributed by atoms with Gasteiger partial charge < -0.3 is 5.32 Å². The molecule has 0 unspecified atom stereocenters. The number of hydrogen-bond donors (Lipinski definition) is 1. The number of rotatable bonds is 4. The lowest BCUT2D eigenvalue weighted by atomic mass is 10.1. The van der Waals surface area contributed by atoms with Gasteiger partial charge in [0.25, 0.3) is 0 Å². The quantitative estimate of drug-likeness (QED) is 0.751. The van der Waals surface area contributed by atoms with E-state index in [-0.39, 0.29) is 0 Å². The van der Waals surface area contributed by atoms with Gasteiger partial charge in [-0.15, -0.1) is 0 Å². The van der Waals surface area contributed by atoms with Crippen LogP contribution in [0.3, 0.4) is 0 Å². The Kier molecular flexibility index (Phi) is 4.71. The highest BCUT2D eigenvalue weighted by Crippen LogP contribution is 2.20. The first kappa shape index (κ1) is 11.3. The van der Waals surface area contributed by atoms with Crippen LogP contribution in [0.5, 0.6) is 0 Å². The Hall–Kier alpha value is -0.790. The molecule has 1 aromatic carbocycles. The Labute approximate surface area is 90.8 Å². The van der Waals surface area contributed by atoms with E-state index in [1.807, 2.05) is 19.2 Å². The van der Waals surface area contributed by atoms with E-state index in [1.165, 1.54) is 5.56 Å². The molecule has 2 heteroatoms. The highest BCUT2D eigenvalue weighted by Gasteiger charge is 1.98. The second kappa shape index (κ2) is 5.84. The normalized spacial score (nSPS) is 11.1. The lowest BCUT2D eigenvalue weighted by Crippen LogP contribution is -2.05. The second-order valence-corrected chi connectivity index (χ2v) is 3.67. The molecule has 0 fully saturated rings. The largest absolute Gasteiger partial charge is 0.319 e. The molecule has 0 aliphatic carbocycles. The molecular formula is C12H16ClN. The first-order valence-corrected chi connectivity index (χ1v) is 5.19. The van der Waals surface area contributed by atoms with Gasteiger partial charge in [-0.3, -0.25) is 0 Å². The molecule has 1 aromatic rings. The second-order valence-electron chi connectivity index (χ2n) is 3.27. The fourth-order valence-corrected chi connectivity index (χ4v) is 1.57. The Balaban J connectivity index is 2.70. The summed E-state index contributed by atoms with van der Waals surface area (Å²) < 4.78 is 0. The lowest BCUT2D eigenvalue weighted by Gasteiger charge is -2.02. The zero-order chi connectivity index (χ0) is 10.4. The van der Waals surface area contributed by atoms with Crippen molar-refractivity contribution in [3.05, 3.63) is 40.4 Å². The van der Waals surface area contributed by atoms with Crippen LogP contribution in [0, 0.1) is 6.92 Å². The van der Waals surface area contributed by atoms with Crippen LogP contribution in [0.1, 0.15) is 17.5 Å². The molecule has 0 amide bonds. The van der Waals surface area contributed by atoms with E-state index >= 15 is 0 Å². The van der Waals surface area contributed by atoms with Crippen molar-refractivity contribution in [2.45, 2.75) is 13.3 Å². The molecule has 0 aliphatic heterocycles. The minimum absolute atomic E-state index is 0.825. The van der Waals surface area contributed by atoms with Crippen molar-refractivity contribution in [1.82, 2.24) is 5.32 Å². The third-order valence-electron chi connectivity index (χ3n) is 2.12. The third kappa shape index (κ3) is 3.17. The Morgan fingerprint density at radius 3 is 2.86 bits per heavy atom. The molecule has 76 valence electrons. The zero-order valence-corrected chi connectivity index (χ0v) is 9.43. The van der Waals surface area contributed by atoms with Crippen molar-refractivity contribution < 1.29 is 0 Å². The number of nitrogens with one attached hydrogen (secondary N) is 1. The summed E-state index contributed by atoms with van der Waals surface area (Å²) in [5.41, 5.74) is 2.35. The third-order valence-corrected chi connectivity index (χ3v) is 2.45. The molecule has 0 heterocycles. The van der Waals surface area contributed by atoms with Crippen molar-refractivity contribution in [3.63, 3.8) is 0 Å². The molecule has 0 spiro atoms. The van der Waals surface area contributed by atoms with E-state index in [4.69, 9.17) is 11.6 Å². The van der Waals surface area contributed by atoms with E-state index in [0.29, 0.717) is 0 Å². The topological polar surface area (TPSA) is 12.0 Å². The average molecular weight is 210 g/mol. The van der Waals surface area contributed by atoms with E-state index in [1.54, 1.807) is 0 Å². The van der Waals surface area contributed by atoms with E-state index < -0.39 is 0 Å². The number of aryl methyl sites for hydroxylation is 1. The van der Waals surface area contributed by atoms with Gasteiger partial charge in [-0.05, 0) is 44.1 Å². The van der Waals surface area contributed by atoms with Crippen molar-refractivity contribution >= 4 is 17.7 Å². The lowest BCUT2D eigenvalue weighted by molar-refractivity contribution is 0.809. The van der Waals surface area contributed by atoms with Crippen LogP contribution in [0.2, 0.25) is 5.02 Å². The molecule has 1 rings (SSSR count). The summed E-state index contributed by atoms with van der Waals surface area (Å²) in [6, 6.07) is 5.97. The predicted molar refractivity (Wildman–Crippen MR) is 63.8 cm³/mol. The minimum Gasteiger partial charge on any atom is -0.319 e. The fraction of sp³-hybridized carbons (Fsp3) is 0.333. The van der Waals surface area contributed by atoms with Gasteiger partial charge in [0.2, 0.25) is 0 Å². The first-order chi connectivity index (χ1) is 6.75. The van der Waals surface area contributed by atoms with Crippen LogP contribution < -0.4 is 5.32 Å². The van der Waals surface area contributed by atoms with Gasteiger partial charge in [0, 0.05) is 5.02 Å². The maximum Gasteiger partial charge on any atom is 0.0480 e. The summed E-state index contributed by atoms with van der Waals surface area (Å²) in [5.74, 6) is 0. The summed E-state index contributed by atoms with van der Waals surface area (Å²) in [4.78, 5) is 0. The fourth-order valence-electron chi connectivity index (χ4n) is 1.28. The molecule has 14 heavy (non-hydrogen) atoms. The number of halogens is 1. The summed E-state index contributed by atoms with van der Waals surface area (Å²) >= 11 is 6.08. The Morgan fingerprint density at radius 1 is 1.43 bits per heavy atom. The molecule has 0 atom stereocenters. The van der Waals surface area contributed by atoms with Gasteiger partial charge >= 0.3 is 0 Å². The standard InChI is InChI=1S/C12H16ClN/c1-10-6-5-8-12(13)11(10)7-3-4-9-14-2/h3,5-8,14H,4,9H2,1-2H3. The molecule has 0 bridgehead atoms. The molecule has 0 saturated carbocycles. The van der Waals surface area contributed by atoms with Gasteiger partial charge in [-0.25, -0.2) is 0 Å². The average Bonchev–Trinajstić information content (AvgIpc) is 2.16. The van der Waals surface area contributed by atoms with E-state index in [2.05, 4.69) is 30.5 Å². The number of benzene rings is 1. The maximum absolute atomic E-state index is 6.08. The van der Waals surface area contributed by atoms with Gasteiger partial charge in [-0.2, -0.15) is 0 Å². The molecule has 0 aliphatic rings. The van der Waals surface area contributed by atoms with Crippen LogP contribution in [0.4, 0.5) is 0 Å². The maximum atomic E-state index is 6.08. The molecule has 0 aromatic heterocycles. The molecule has 1 nitrogen and oxygen atoms in total. The Morgan fingerprint density at radius 2 is 2.21 bits per heavy atom. The highest BCUT2D eigenvalue weighted by molar-refractivity contribution is 6.32. The van der Waals surface area contributed by atoms with Crippen molar-refractivity contribution in [1.29, 1.82) is 0 Å². The van der Waals surface area contributed by atoms with Gasteiger partial charge in [-0.1, -0.05) is 35.9 Å². The molecular weight excluding hydrogens is 194 g/mol. The molecule has 0 saturated heterocycles. The predicted octanol–water partition coefficient (Wildman–Crippen LogP) is 3.27. The van der Waals surface area contributed by atoms with E-state index in [0.717, 1.165) is 23.6 Å². The summed E-state index contributed by atoms with van der Waals surface area (Å²) in [6.07, 6.45) is 5.26. The summed E-state index contributed by atoms with van der Waals surface area (Å²) in [7, 11) is 1.95. The van der Waals surface area contributed by atoms with Gasteiger partial charge in [0.1, 0.15) is 0 Å². The van der Waals surface area contributed by atoms with Crippen LogP contribution in [0.15, 0.2) is 24.3 Å². The van der Waals surface area contributed by atoms with Crippen LogP contribution in [0.25, 0.3) is 6.08 Å². The number of hydrogen-bond acceptors (Lipinski definition) is 1. The van der Waals surface area contributed by atoms with Crippen molar-refractivity contribution in [2.75, 3.05) is 13.6 Å². The zero-order valence-electron chi connectivity index (χ0n) is 8.68. The Bertz CT molecular complexity index is 298. The van der Waals surface area contributed by atoms with Crippen LogP contribution in [-0.2, 0) is 0 Å². The van der Waals surface area contributed by atoms with Gasteiger partial charge in [0.05, 0.1) is 0 Å². The smallest absolute Gasteiger partial charge is 0.0480 e. The summed E-state index contributed by atoms with van der Waals surface area (Å²) in [6.45, 7) is 3.07. The molecule has 0 radical (unpaired) electrons. The monoisotopic (exact) mass is 209 g/mol. The van der Waals surface area contributed by atoms with Crippen LogP contribution >= 0.6 is 11.6 Å². The minimum atomic E-state index is 0.825. The van der Waals surface area contributed by atoms with Crippen molar-refractivity contribution in [3.8, 4) is 0 Å². The molecule has 1 N–H and O–H groups in total. The van der Waals surface area contributed by atoms with Crippen LogP contribution in [-0.4, -0.2) is 13.6 Å². The van der Waals surface area contributed by atoms with Crippen molar-refractivity contribution in [2.24, 2.45) is 0 Å². The first-order valence-electron chi connectivity index (χ1n) is 4.82. The SMILES string of the molecule is CNCCC=Cc1c(C)cccc1Cl.